The van der Waals surface area contributed by atoms with Crippen LogP contribution in [0.4, 0.5) is 23.1 Å². The monoisotopic (exact) mass is 513 g/mol. The summed E-state index contributed by atoms with van der Waals surface area (Å²) in [6.45, 7) is 7.77. The molecule has 2 aromatic carbocycles. The van der Waals surface area contributed by atoms with Crippen LogP contribution in [0.2, 0.25) is 5.02 Å². The largest absolute Gasteiger partial charge is 0.491 e. The highest BCUT2D eigenvalue weighted by Gasteiger charge is 2.12. The molecule has 32 heavy (non-hydrogen) atoms. The molecule has 0 radical (unpaired) electrons. The third kappa shape index (κ3) is 6.00. The summed E-state index contributed by atoms with van der Waals surface area (Å²) in [7, 11) is 0. The maximum absolute atomic E-state index is 6.30. The van der Waals surface area contributed by atoms with Gasteiger partial charge in [0.15, 0.2) is 5.82 Å². The van der Waals surface area contributed by atoms with E-state index in [4.69, 9.17) is 16.3 Å². The van der Waals surface area contributed by atoms with Gasteiger partial charge in [0.1, 0.15) is 17.4 Å². The molecule has 1 aromatic heterocycles. The Kier molecular flexibility index (Phi) is 7.63. The van der Waals surface area contributed by atoms with Crippen LogP contribution in [0.25, 0.3) is 6.08 Å². The fraction of sp³-hybridized carbons (Fsp3) is 0.250. The average molecular weight is 515 g/mol. The summed E-state index contributed by atoms with van der Waals surface area (Å²) in [6.07, 6.45) is 5.93. The van der Waals surface area contributed by atoms with Crippen LogP contribution < -0.4 is 15.4 Å². The van der Waals surface area contributed by atoms with Gasteiger partial charge >= 0.3 is 0 Å². The van der Waals surface area contributed by atoms with Gasteiger partial charge in [-0.05, 0) is 77.8 Å². The first kappa shape index (κ1) is 22.6. The van der Waals surface area contributed by atoms with Gasteiger partial charge in [-0.1, -0.05) is 36.4 Å². The van der Waals surface area contributed by atoms with Crippen molar-refractivity contribution in [2.75, 3.05) is 36.9 Å². The van der Waals surface area contributed by atoms with Gasteiger partial charge in [0, 0.05) is 17.9 Å². The van der Waals surface area contributed by atoms with Crippen LogP contribution in [-0.4, -0.2) is 41.1 Å². The van der Waals surface area contributed by atoms with Crippen molar-refractivity contribution in [1.82, 2.24) is 14.9 Å². The fourth-order valence-electron chi connectivity index (χ4n) is 3.51. The van der Waals surface area contributed by atoms with Gasteiger partial charge in [-0.25, -0.2) is 4.98 Å². The second-order valence-corrected chi connectivity index (χ2v) is 8.77. The van der Waals surface area contributed by atoms with E-state index in [2.05, 4.69) is 48.0 Å². The van der Waals surface area contributed by atoms with Crippen molar-refractivity contribution in [1.29, 1.82) is 0 Å². The van der Waals surface area contributed by atoms with Crippen LogP contribution >= 0.6 is 27.5 Å². The number of hydrogen-bond acceptors (Lipinski definition) is 6. The summed E-state index contributed by atoms with van der Waals surface area (Å²) in [5.74, 6) is 1.77. The van der Waals surface area contributed by atoms with Crippen LogP contribution in [-0.2, 0) is 0 Å². The average Bonchev–Trinajstić information content (AvgIpc) is 3.31. The number of nitrogens with zero attached hydrogens (tertiary/aromatic N) is 3. The van der Waals surface area contributed by atoms with Crippen molar-refractivity contribution in [3.8, 4) is 5.75 Å². The summed E-state index contributed by atoms with van der Waals surface area (Å²) in [5.41, 5.74) is 2.71. The van der Waals surface area contributed by atoms with Crippen molar-refractivity contribution in [2.24, 2.45) is 0 Å². The molecule has 1 aliphatic heterocycles. The Morgan fingerprint density at radius 1 is 1.12 bits per heavy atom. The number of ether oxygens (including phenoxy) is 1. The number of rotatable bonds is 9. The Labute approximate surface area is 201 Å². The molecule has 8 heteroatoms. The summed E-state index contributed by atoms with van der Waals surface area (Å²) < 4.78 is 6.81. The molecule has 6 nitrogen and oxygen atoms in total. The topological polar surface area (TPSA) is 62.3 Å². The second kappa shape index (κ2) is 10.8. The van der Waals surface area contributed by atoms with E-state index in [1.165, 1.54) is 25.9 Å². The second-order valence-electron chi connectivity index (χ2n) is 7.51. The molecule has 1 saturated heterocycles. The Hall–Kier alpha value is -2.61. The molecular weight excluding hydrogens is 490 g/mol. The Bertz CT molecular complexity index is 1090. The quantitative estimate of drug-likeness (QED) is 0.340. The highest BCUT2D eigenvalue weighted by molar-refractivity contribution is 9.10. The van der Waals surface area contributed by atoms with Crippen molar-refractivity contribution in [3.63, 3.8) is 0 Å². The van der Waals surface area contributed by atoms with Crippen LogP contribution in [0, 0.1) is 0 Å². The van der Waals surface area contributed by atoms with Crippen molar-refractivity contribution < 1.29 is 4.74 Å². The van der Waals surface area contributed by atoms with Crippen LogP contribution in [0.1, 0.15) is 18.4 Å². The smallest absolute Gasteiger partial charge is 0.229 e. The zero-order valence-electron chi connectivity index (χ0n) is 17.7. The van der Waals surface area contributed by atoms with E-state index in [9.17, 15) is 0 Å². The van der Waals surface area contributed by atoms with Gasteiger partial charge in [-0.2, -0.15) is 4.98 Å². The molecule has 0 atom stereocenters. The number of nitrogens with one attached hydrogen (secondary N) is 2. The molecule has 0 bridgehead atoms. The van der Waals surface area contributed by atoms with E-state index >= 15 is 0 Å². The summed E-state index contributed by atoms with van der Waals surface area (Å²) in [6, 6.07) is 13.7. The minimum atomic E-state index is 0.433. The minimum absolute atomic E-state index is 0.433. The standard InChI is InChI=1S/C24H25BrClN5O/c1-2-17-6-5-7-18(14-17)28-23-21(26)16-27-24(30-23)29-19-8-9-22(20(25)15-19)32-13-12-31-10-3-4-11-31/h2,5-9,14-16H,1,3-4,10-13H2,(H2,27,28,29,30). The molecule has 0 spiro atoms. The van der Waals surface area contributed by atoms with Crippen LogP contribution in [0.15, 0.2) is 59.7 Å². The lowest BCUT2D eigenvalue weighted by molar-refractivity contribution is 0.237. The minimum Gasteiger partial charge on any atom is -0.491 e. The highest BCUT2D eigenvalue weighted by Crippen LogP contribution is 2.30. The normalized spacial score (nSPS) is 13.7. The maximum Gasteiger partial charge on any atom is 0.229 e. The number of halogens is 2. The van der Waals surface area contributed by atoms with Gasteiger partial charge < -0.3 is 15.4 Å². The fourth-order valence-corrected chi connectivity index (χ4v) is 4.14. The van der Waals surface area contributed by atoms with E-state index < -0.39 is 0 Å². The summed E-state index contributed by atoms with van der Waals surface area (Å²) in [5, 5.41) is 6.89. The van der Waals surface area contributed by atoms with E-state index in [-0.39, 0.29) is 0 Å². The van der Waals surface area contributed by atoms with Crippen molar-refractivity contribution in [3.05, 3.63) is 70.3 Å². The van der Waals surface area contributed by atoms with E-state index in [0.29, 0.717) is 23.4 Å². The first-order chi connectivity index (χ1) is 15.6. The molecular formula is C24H25BrClN5O. The van der Waals surface area contributed by atoms with Crippen LogP contribution in [0.5, 0.6) is 5.75 Å². The Morgan fingerprint density at radius 2 is 1.94 bits per heavy atom. The van der Waals surface area contributed by atoms with Crippen molar-refractivity contribution in [2.45, 2.75) is 12.8 Å². The zero-order chi connectivity index (χ0) is 22.3. The van der Waals surface area contributed by atoms with E-state index in [1.807, 2.05) is 42.5 Å². The van der Waals surface area contributed by atoms with Gasteiger partial charge in [0.2, 0.25) is 5.95 Å². The lowest BCUT2D eigenvalue weighted by atomic mass is 10.2. The number of likely N-dealkylation sites (tertiary alicyclic amines) is 1. The third-order valence-corrected chi connectivity index (χ3v) is 6.08. The van der Waals surface area contributed by atoms with Crippen LogP contribution in [0.3, 0.4) is 0 Å². The Morgan fingerprint density at radius 3 is 2.72 bits per heavy atom. The number of hydrogen-bond donors (Lipinski definition) is 2. The number of anilines is 4. The van der Waals surface area contributed by atoms with Gasteiger partial charge in [0.05, 0.1) is 10.7 Å². The molecule has 0 amide bonds. The van der Waals surface area contributed by atoms with E-state index in [0.717, 1.165) is 33.7 Å². The molecule has 0 unspecified atom stereocenters. The van der Waals surface area contributed by atoms with E-state index in [1.54, 1.807) is 12.3 Å². The molecule has 3 aromatic rings. The van der Waals surface area contributed by atoms with Gasteiger partial charge in [-0.3, -0.25) is 4.90 Å². The number of benzene rings is 2. The molecule has 166 valence electrons. The first-order valence-corrected chi connectivity index (χ1v) is 11.7. The SMILES string of the molecule is C=Cc1cccc(Nc2nc(Nc3ccc(OCCN4CCCC4)c(Br)c3)ncc2Cl)c1. The lowest BCUT2D eigenvalue weighted by Gasteiger charge is -2.16. The number of aromatic nitrogens is 2. The van der Waals surface area contributed by atoms with Crippen molar-refractivity contribution >= 4 is 56.7 Å². The van der Waals surface area contributed by atoms with Gasteiger partial charge in [0.25, 0.3) is 0 Å². The zero-order valence-corrected chi connectivity index (χ0v) is 20.0. The maximum atomic E-state index is 6.30. The molecule has 4 rings (SSSR count). The Balaban J connectivity index is 1.40. The molecule has 0 aliphatic carbocycles. The predicted molar refractivity (Wildman–Crippen MR) is 135 cm³/mol. The highest BCUT2D eigenvalue weighted by atomic mass is 79.9. The molecule has 0 saturated carbocycles. The molecule has 1 fully saturated rings. The predicted octanol–water partition coefficient (Wildman–Crippen LogP) is 6.50. The first-order valence-electron chi connectivity index (χ1n) is 10.5. The van der Waals surface area contributed by atoms with Gasteiger partial charge in [-0.15, -0.1) is 0 Å². The lowest BCUT2D eigenvalue weighted by Crippen LogP contribution is -2.25. The summed E-state index contributed by atoms with van der Waals surface area (Å²) >= 11 is 9.90. The molecule has 2 heterocycles. The molecule has 1 aliphatic rings. The third-order valence-electron chi connectivity index (χ3n) is 5.18. The summed E-state index contributed by atoms with van der Waals surface area (Å²) in [4.78, 5) is 11.2. The molecule has 2 N–H and O–H groups in total.